The molecule has 31 heavy (non-hydrogen) atoms. The monoisotopic (exact) mass is 441 g/mol. The third kappa shape index (κ3) is 5.95. The number of nitrogens with one attached hydrogen (secondary N) is 5. The van der Waals surface area contributed by atoms with E-state index in [0.29, 0.717) is 11.4 Å². The fourth-order valence-electron chi connectivity index (χ4n) is 3.15. The molecule has 0 aliphatic carbocycles. The van der Waals surface area contributed by atoms with Gasteiger partial charge in [-0.25, -0.2) is 4.79 Å². The lowest BCUT2D eigenvalue weighted by Crippen LogP contribution is -2.35. The van der Waals surface area contributed by atoms with Gasteiger partial charge in [0, 0.05) is 35.6 Å². The average Bonchev–Trinajstić information content (AvgIpc) is 3.48. The summed E-state index contributed by atoms with van der Waals surface area (Å²) in [6, 6.07) is 14.3. The van der Waals surface area contributed by atoms with Crippen molar-refractivity contribution < 1.29 is 9.59 Å². The molecular formula is C21H24ClN7O2. The quantitative estimate of drug-likeness (QED) is 0.467. The van der Waals surface area contributed by atoms with Crippen molar-refractivity contribution in [2.24, 2.45) is 9.98 Å². The molecule has 10 heteroatoms. The van der Waals surface area contributed by atoms with Crippen LogP contribution < -0.4 is 26.6 Å². The minimum atomic E-state index is -0.449. The lowest BCUT2D eigenvalue weighted by Gasteiger charge is -2.10. The molecule has 4 rings (SSSR count). The zero-order valence-corrected chi connectivity index (χ0v) is 17.6. The van der Waals surface area contributed by atoms with Gasteiger partial charge in [-0.15, -0.1) is 12.4 Å². The van der Waals surface area contributed by atoms with Crippen LogP contribution in [0.3, 0.4) is 0 Å². The van der Waals surface area contributed by atoms with Crippen LogP contribution >= 0.6 is 12.4 Å². The zero-order valence-electron chi connectivity index (χ0n) is 16.8. The average molecular weight is 442 g/mol. The maximum absolute atomic E-state index is 12.1. The van der Waals surface area contributed by atoms with Gasteiger partial charge in [-0.1, -0.05) is 0 Å². The van der Waals surface area contributed by atoms with Gasteiger partial charge in [0.15, 0.2) is 0 Å². The van der Waals surface area contributed by atoms with E-state index in [1.54, 1.807) is 24.3 Å². The first-order valence-corrected chi connectivity index (χ1v) is 9.79. The number of halogens is 1. The van der Waals surface area contributed by atoms with Crippen LogP contribution in [0.25, 0.3) is 0 Å². The highest BCUT2D eigenvalue weighted by Gasteiger charge is 2.10. The number of amidine groups is 2. The molecule has 3 amide bonds. The number of carbonyl (C=O) groups excluding carboxylic acids is 2. The third-order valence-electron chi connectivity index (χ3n) is 4.62. The Balaban J connectivity index is 0.00000272. The summed E-state index contributed by atoms with van der Waals surface area (Å²) < 4.78 is 0. The van der Waals surface area contributed by atoms with Crippen LogP contribution in [0, 0.1) is 0 Å². The Kier molecular flexibility index (Phi) is 7.45. The van der Waals surface area contributed by atoms with Crippen molar-refractivity contribution in [2.75, 3.05) is 43.4 Å². The van der Waals surface area contributed by atoms with E-state index in [1.165, 1.54) is 0 Å². The molecule has 9 nitrogen and oxygen atoms in total. The molecule has 2 aromatic carbocycles. The molecule has 0 saturated carbocycles. The summed E-state index contributed by atoms with van der Waals surface area (Å²) in [6.07, 6.45) is 0. The molecule has 0 bridgehead atoms. The first-order chi connectivity index (χ1) is 14.7. The topological polar surface area (TPSA) is 119 Å². The first-order valence-electron chi connectivity index (χ1n) is 9.79. The molecule has 0 atom stereocenters. The molecule has 162 valence electrons. The van der Waals surface area contributed by atoms with Crippen molar-refractivity contribution >= 4 is 47.4 Å². The SMILES string of the molecule is Cl.O=C(CNC(=O)Nc1ccc(C2=NCCN2)cc1)Nc1ccc(C2=NCCN2)cc1. The maximum Gasteiger partial charge on any atom is 0.319 e. The second-order valence-corrected chi connectivity index (χ2v) is 6.82. The van der Waals surface area contributed by atoms with Crippen molar-refractivity contribution in [2.45, 2.75) is 0 Å². The maximum atomic E-state index is 12.1. The van der Waals surface area contributed by atoms with Gasteiger partial charge in [-0.2, -0.15) is 0 Å². The summed E-state index contributed by atoms with van der Waals surface area (Å²) in [5.41, 5.74) is 3.24. The Morgan fingerprint density at radius 3 is 1.71 bits per heavy atom. The Morgan fingerprint density at radius 2 is 1.26 bits per heavy atom. The van der Waals surface area contributed by atoms with Gasteiger partial charge in [0.05, 0.1) is 19.6 Å². The second kappa shape index (κ2) is 10.4. The second-order valence-electron chi connectivity index (χ2n) is 6.82. The number of hydrogen-bond donors (Lipinski definition) is 5. The smallest absolute Gasteiger partial charge is 0.319 e. The van der Waals surface area contributed by atoms with Gasteiger partial charge in [0.25, 0.3) is 0 Å². The van der Waals surface area contributed by atoms with E-state index in [-0.39, 0.29) is 24.9 Å². The van der Waals surface area contributed by atoms with Crippen LogP contribution in [0.1, 0.15) is 11.1 Å². The lowest BCUT2D eigenvalue weighted by molar-refractivity contribution is -0.115. The molecule has 0 saturated heterocycles. The zero-order chi connectivity index (χ0) is 20.8. The van der Waals surface area contributed by atoms with Crippen molar-refractivity contribution in [3.8, 4) is 0 Å². The van der Waals surface area contributed by atoms with E-state index in [4.69, 9.17) is 0 Å². The number of aliphatic imine (C=N–C) groups is 2. The number of amides is 3. The minimum Gasteiger partial charge on any atom is -0.368 e. The number of urea groups is 1. The van der Waals surface area contributed by atoms with Gasteiger partial charge in [0.1, 0.15) is 11.7 Å². The van der Waals surface area contributed by atoms with Gasteiger partial charge in [-0.3, -0.25) is 14.8 Å². The van der Waals surface area contributed by atoms with Crippen LogP contribution in [0.5, 0.6) is 0 Å². The van der Waals surface area contributed by atoms with Crippen LogP contribution in [0.2, 0.25) is 0 Å². The van der Waals surface area contributed by atoms with Crippen molar-refractivity contribution in [1.29, 1.82) is 0 Å². The van der Waals surface area contributed by atoms with E-state index in [0.717, 1.165) is 49.0 Å². The number of benzene rings is 2. The Morgan fingerprint density at radius 1 is 0.774 bits per heavy atom. The molecule has 0 fully saturated rings. The molecule has 2 aliphatic rings. The highest BCUT2D eigenvalue weighted by atomic mass is 35.5. The minimum absolute atomic E-state index is 0. The predicted octanol–water partition coefficient (Wildman–Crippen LogP) is 1.57. The van der Waals surface area contributed by atoms with Crippen molar-refractivity contribution in [3.63, 3.8) is 0 Å². The van der Waals surface area contributed by atoms with Crippen molar-refractivity contribution in [1.82, 2.24) is 16.0 Å². The molecule has 0 spiro atoms. The standard InChI is InChI=1S/C21H23N7O2.ClH/c29-18(27-16-5-1-14(2-6-16)19-22-9-10-23-19)13-26-21(30)28-17-7-3-15(4-8-17)20-24-11-12-25-20;/h1-8H,9-13H2,(H,22,23)(H,24,25)(H,27,29)(H2,26,28,30);1H. The van der Waals surface area contributed by atoms with Crippen LogP contribution in [-0.2, 0) is 4.79 Å². The molecular weight excluding hydrogens is 418 g/mol. The number of carbonyl (C=O) groups is 2. The number of hydrogen-bond acceptors (Lipinski definition) is 6. The molecule has 0 radical (unpaired) electrons. The fourth-order valence-corrected chi connectivity index (χ4v) is 3.15. The third-order valence-corrected chi connectivity index (χ3v) is 4.62. The van der Waals surface area contributed by atoms with Gasteiger partial charge in [0.2, 0.25) is 5.91 Å². The molecule has 2 aliphatic heterocycles. The molecule has 0 unspecified atom stereocenters. The van der Waals surface area contributed by atoms with Gasteiger partial charge >= 0.3 is 6.03 Å². The Labute approximate surface area is 186 Å². The Hall–Kier alpha value is -3.59. The molecule has 2 heterocycles. The van der Waals surface area contributed by atoms with Crippen LogP contribution in [-0.4, -0.2) is 56.3 Å². The highest BCUT2D eigenvalue weighted by Crippen LogP contribution is 2.12. The normalized spacial score (nSPS) is 14.3. The first kappa shape index (κ1) is 22.1. The molecule has 5 N–H and O–H groups in total. The summed E-state index contributed by atoms with van der Waals surface area (Å²) in [7, 11) is 0. The number of anilines is 2. The van der Waals surface area contributed by atoms with Gasteiger partial charge in [-0.05, 0) is 48.5 Å². The number of nitrogens with zero attached hydrogens (tertiary/aromatic N) is 2. The summed E-state index contributed by atoms with van der Waals surface area (Å²) in [4.78, 5) is 32.9. The van der Waals surface area contributed by atoms with E-state index < -0.39 is 6.03 Å². The molecule has 2 aromatic rings. The van der Waals surface area contributed by atoms with Crippen LogP contribution in [0.4, 0.5) is 16.2 Å². The van der Waals surface area contributed by atoms with Gasteiger partial charge < -0.3 is 26.6 Å². The summed E-state index contributed by atoms with van der Waals surface area (Å²) in [6.45, 7) is 3.10. The van der Waals surface area contributed by atoms with E-state index in [2.05, 4.69) is 36.6 Å². The fraction of sp³-hybridized carbons (Fsp3) is 0.238. The van der Waals surface area contributed by atoms with E-state index in [9.17, 15) is 9.59 Å². The molecule has 0 aromatic heterocycles. The van der Waals surface area contributed by atoms with E-state index in [1.807, 2.05) is 24.3 Å². The lowest BCUT2D eigenvalue weighted by atomic mass is 10.2. The largest absolute Gasteiger partial charge is 0.368 e. The number of rotatable bonds is 6. The highest BCUT2D eigenvalue weighted by molar-refractivity contribution is 6.01. The summed E-state index contributed by atoms with van der Waals surface area (Å²) >= 11 is 0. The summed E-state index contributed by atoms with van der Waals surface area (Å²) in [5.74, 6) is 1.42. The Bertz CT molecular complexity index is 906. The van der Waals surface area contributed by atoms with Crippen LogP contribution in [0.15, 0.2) is 58.5 Å². The van der Waals surface area contributed by atoms with Crippen molar-refractivity contribution in [3.05, 3.63) is 59.7 Å². The summed E-state index contributed by atoms with van der Waals surface area (Å²) in [5, 5.41) is 14.4. The van der Waals surface area contributed by atoms with E-state index >= 15 is 0 Å². The predicted molar refractivity (Wildman–Crippen MR) is 125 cm³/mol.